The quantitative estimate of drug-likeness (QED) is 0.754. The van der Waals surface area contributed by atoms with Crippen LogP contribution in [-0.2, 0) is 6.42 Å². The van der Waals surface area contributed by atoms with Crippen molar-refractivity contribution in [3.8, 4) is 0 Å². The normalized spacial score (nSPS) is 11.6. The molecule has 2 rings (SSSR count). The van der Waals surface area contributed by atoms with E-state index >= 15 is 0 Å². The Morgan fingerprint density at radius 3 is 2.26 bits per heavy atom. The molecule has 0 fully saturated rings. The molecule has 3 N–H and O–H groups in total. The Balaban J connectivity index is 2.06. The lowest BCUT2D eigenvalue weighted by Gasteiger charge is -2.16. The topological polar surface area (TPSA) is 78.4 Å². The highest BCUT2D eigenvalue weighted by Gasteiger charge is 2.15. The Kier molecular flexibility index (Phi) is 5.88. The molecule has 0 radical (unpaired) electrons. The van der Waals surface area contributed by atoms with Gasteiger partial charge in [-0.1, -0.05) is 36.4 Å². The van der Waals surface area contributed by atoms with Crippen molar-refractivity contribution in [2.45, 2.75) is 12.5 Å². The van der Waals surface area contributed by atoms with Crippen LogP contribution in [0.4, 0.5) is 0 Å². The van der Waals surface area contributed by atoms with Gasteiger partial charge in [0.15, 0.2) is 0 Å². The van der Waals surface area contributed by atoms with Crippen LogP contribution in [0.25, 0.3) is 0 Å². The smallest absolute Gasteiger partial charge is 0.251 e. The summed E-state index contributed by atoms with van der Waals surface area (Å²) in [6.07, 6.45) is 0.540. The second-order valence-electron chi connectivity index (χ2n) is 5.20. The second-order valence-corrected chi connectivity index (χ2v) is 5.20. The summed E-state index contributed by atoms with van der Waals surface area (Å²) < 4.78 is 0. The highest BCUT2D eigenvalue weighted by molar-refractivity contribution is 5.99. The summed E-state index contributed by atoms with van der Waals surface area (Å²) in [7, 11) is 1.54. The van der Waals surface area contributed by atoms with E-state index in [1.807, 2.05) is 30.3 Å². The summed E-state index contributed by atoms with van der Waals surface area (Å²) in [5.74, 6) is -0.562. The number of amides is 2. The van der Waals surface area contributed by atoms with E-state index in [1.54, 1.807) is 18.2 Å². The van der Waals surface area contributed by atoms with Crippen LogP contribution in [0.1, 0.15) is 26.3 Å². The monoisotopic (exact) mass is 312 g/mol. The first-order chi connectivity index (χ1) is 11.1. The molecular formula is C18H20N2O3. The van der Waals surface area contributed by atoms with Gasteiger partial charge in [0.1, 0.15) is 0 Å². The van der Waals surface area contributed by atoms with Crippen LogP contribution in [0, 0.1) is 0 Å². The van der Waals surface area contributed by atoms with Gasteiger partial charge in [0.05, 0.1) is 12.6 Å². The van der Waals surface area contributed by atoms with Crippen molar-refractivity contribution in [1.82, 2.24) is 10.6 Å². The average Bonchev–Trinajstić information content (AvgIpc) is 2.61. The fraction of sp³-hybridized carbons (Fsp3) is 0.222. The molecule has 0 saturated heterocycles. The van der Waals surface area contributed by atoms with Crippen molar-refractivity contribution < 1.29 is 14.7 Å². The van der Waals surface area contributed by atoms with Gasteiger partial charge in [0.25, 0.3) is 11.8 Å². The van der Waals surface area contributed by atoms with E-state index in [0.29, 0.717) is 17.5 Å². The van der Waals surface area contributed by atoms with Crippen LogP contribution < -0.4 is 10.6 Å². The number of aliphatic hydroxyl groups excluding tert-OH is 1. The number of rotatable bonds is 6. The molecule has 0 aliphatic heterocycles. The maximum absolute atomic E-state index is 12.3. The summed E-state index contributed by atoms with van der Waals surface area (Å²) in [6, 6.07) is 15.7. The van der Waals surface area contributed by atoms with Crippen molar-refractivity contribution in [3.63, 3.8) is 0 Å². The lowest BCUT2D eigenvalue weighted by Crippen LogP contribution is -2.39. The molecule has 0 bridgehead atoms. The first-order valence-corrected chi connectivity index (χ1v) is 7.42. The molecule has 120 valence electrons. The van der Waals surface area contributed by atoms with Crippen molar-refractivity contribution in [1.29, 1.82) is 0 Å². The minimum atomic E-state index is -0.381. The van der Waals surface area contributed by atoms with Gasteiger partial charge in [-0.05, 0) is 30.2 Å². The standard InChI is InChI=1S/C18H20N2O3/c1-19-17(22)14-8-5-9-15(11-14)18(23)20-16(12-21)10-13-6-3-2-4-7-13/h2-9,11,16,21H,10,12H2,1H3,(H,19,22)(H,20,23)/t16-/m1/s1. The summed E-state index contributed by atoms with van der Waals surface area (Å²) >= 11 is 0. The number of hydrogen-bond donors (Lipinski definition) is 3. The molecule has 0 spiro atoms. The largest absolute Gasteiger partial charge is 0.394 e. The molecule has 5 heteroatoms. The molecule has 0 aliphatic rings. The molecule has 0 heterocycles. The zero-order valence-electron chi connectivity index (χ0n) is 13.0. The van der Waals surface area contributed by atoms with E-state index in [4.69, 9.17) is 0 Å². The van der Waals surface area contributed by atoms with Crippen molar-refractivity contribution in [2.75, 3.05) is 13.7 Å². The van der Waals surface area contributed by atoms with Crippen LogP contribution in [0.2, 0.25) is 0 Å². The average molecular weight is 312 g/mol. The third-order valence-electron chi connectivity index (χ3n) is 3.49. The van der Waals surface area contributed by atoms with Crippen LogP contribution in [0.15, 0.2) is 54.6 Å². The molecule has 2 amide bonds. The van der Waals surface area contributed by atoms with Gasteiger partial charge in [0, 0.05) is 18.2 Å². The van der Waals surface area contributed by atoms with Crippen molar-refractivity contribution in [2.24, 2.45) is 0 Å². The lowest BCUT2D eigenvalue weighted by atomic mass is 10.1. The summed E-state index contributed by atoms with van der Waals surface area (Å²) in [5, 5.41) is 14.8. The van der Waals surface area contributed by atoms with Gasteiger partial charge in [-0.2, -0.15) is 0 Å². The first kappa shape index (κ1) is 16.7. The van der Waals surface area contributed by atoms with E-state index < -0.39 is 0 Å². The van der Waals surface area contributed by atoms with Crippen LogP contribution in [0.3, 0.4) is 0 Å². The number of hydrogen-bond acceptors (Lipinski definition) is 3. The Hall–Kier alpha value is -2.66. The van der Waals surface area contributed by atoms with Gasteiger partial charge < -0.3 is 15.7 Å². The van der Waals surface area contributed by atoms with Crippen LogP contribution >= 0.6 is 0 Å². The maximum Gasteiger partial charge on any atom is 0.251 e. The zero-order valence-corrected chi connectivity index (χ0v) is 13.0. The maximum atomic E-state index is 12.3. The molecule has 23 heavy (non-hydrogen) atoms. The first-order valence-electron chi connectivity index (χ1n) is 7.42. The fourth-order valence-corrected chi connectivity index (χ4v) is 2.27. The number of aliphatic hydroxyl groups is 1. The predicted octanol–water partition coefficient (Wildman–Crippen LogP) is 1.38. The summed E-state index contributed by atoms with van der Waals surface area (Å²) in [5.41, 5.74) is 1.84. The minimum Gasteiger partial charge on any atom is -0.394 e. The predicted molar refractivity (Wildman–Crippen MR) is 88.3 cm³/mol. The SMILES string of the molecule is CNC(=O)c1cccc(C(=O)N[C@@H](CO)Cc2ccccc2)c1. The molecule has 2 aromatic rings. The number of benzene rings is 2. The summed E-state index contributed by atoms with van der Waals surface area (Å²) in [4.78, 5) is 23.9. The Labute approximate surface area is 135 Å². The Bertz CT molecular complexity index is 671. The second kappa shape index (κ2) is 8.10. The van der Waals surface area contributed by atoms with E-state index in [2.05, 4.69) is 10.6 Å². The highest BCUT2D eigenvalue weighted by atomic mass is 16.3. The summed E-state index contributed by atoms with van der Waals surface area (Å²) in [6.45, 7) is -0.157. The molecule has 2 aromatic carbocycles. The van der Waals surface area contributed by atoms with Crippen molar-refractivity contribution >= 4 is 11.8 Å². The minimum absolute atomic E-state index is 0.157. The molecule has 1 atom stereocenters. The zero-order chi connectivity index (χ0) is 16.7. The van der Waals surface area contributed by atoms with E-state index in [-0.39, 0.29) is 24.5 Å². The van der Waals surface area contributed by atoms with Crippen molar-refractivity contribution in [3.05, 3.63) is 71.3 Å². The molecule has 0 aromatic heterocycles. The number of carbonyl (C=O) groups excluding carboxylic acids is 2. The van der Waals surface area contributed by atoms with Crippen LogP contribution in [-0.4, -0.2) is 36.6 Å². The van der Waals surface area contributed by atoms with E-state index in [9.17, 15) is 14.7 Å². The molecule has 0 saturated carbocycles. The van der Waals surface area contributed by atoms with Gasteiger partial charge in [-0.3, -0.25) is 9.59 Å². The van der Waals surface area contributed by atoms with Gasteiger partial charge >= 0.3 is 0 Å². The number of nitrogens with one attached hydrogen (secondary N) is 2. The number of carbonyl (C=O) groups is 2. The third-order valence-corrected chi connectivity index (χ3v) is 3.49. The molecular weight excluding hydrogens is 292 g/mol. The Morgan fingerprint density at radius 2 is 1.65 bits per heavy atom. The van der Waals surface area contributed by atoms with Crippen LogP contribution in [0.5, 0.6) is 0 Å². The molecule has 0 unspecified atom stereocenters. The molecule has 5 nitrogen and oxygen atoms in total. The van der Waals surface area contributed by atoms with E-state index in [0.717, 1.165) is 5.56 Å². The fourth-order valence-electron chi connectivity index (χ4n) is 2.27. The lowest BCUT2D eigenvalue weighted by molar-refractivity contribution is 0.0916. The molecule has 0 aliphatic carbocycles. The van der Waals surface area contributed by atoms with Gasteiger partial charge in [-0.15, -0.1) is 0 Å². The van der Waals surface area contributed by atoms with Gasteiger partial charge in [-0.25, -0.2) is 0 Å². The van der Waals surface area contributed by atoms with Gasteiger partial charge in [0.2, 0.25) is 0 Å². The Morgan fingerprint density at radius 1 is 1.00 bits per heavy atom. The van der Waals surface area contributed by atoms with E-state index in [1.165, 1.54) is 13.1 Å². The highest BCUT2D eigenvalue weighted by Crippen LogP contribution is 2.07. The third kappa shape index (κ3) is 4.66.